The summed E-state index contributed by atoms with van der Waals surface area (Å²) >= 11 is 0. The molecule has 0 aromatic heterocycles. The average molecular weight is 671 g/mol. The monoisotopic (exact) mass is 670 g/mol. The van der Waals surface area contributed by atoms with E-state index in [1.807, 2.05) is 0 Å². The van der Waals surface area contributed by atoms with Crippen molar-refractivity contribution in [3.05, 3.63) is 191 Å². The molecule has 0 heterocycles. The van der Waals surface area contributed by atoms with Gasteiger partial charge in [0.15, 0.2) is 0 Å². The highest BCUT2D eigenvalue weighted by atomic mass is 14.4. The zero-order valence-electron chi connectivity index (χ0n) is 31.3. The van der Waals surface area contributed by atoms with E-state index in [0.717, 1.165) is 12.0 Å². The van der Waals surface area contributed by atoms with E-state index in [1.165, 1.54) is 89.0 Å². The standard InChI is InChI=1S/C52H46/c1-33-15-9-8-10-16-34-21-22-35(30-47(34)50(33,2)3)38-27-39(36-23-25-43-41-17-11-13-19-45(41)51(4,5)48(43)31-36)29-40(28-38)37-24-26-44-42-18-12-14-20-46(42)52(6,7)49(44)32-37/h8-15,17-32H,1,16H2,2-7H3/b10-8-,15-9-. The molecular formula is C52H46. The Hall–Kier alpha value is -5.46. The smallest absolute Gasteiger partial charge is 0.0159 e. The molecule has 0 unspecified atom stereocenters. The Bertz CT molecular complexity index is 2400. The number of hydrogen-bond donors (Lipinski definition) is 0. The van der Waals surface area contributed by atoms with Crippen molar-refractivity contribution in [3.63, 3.8) is 0 Å². The lowest BCUT2D eigenvalue weighted by molar-refractivity contribution is 0.635. The Morgan fingerprint density at radius 3 is 1.37 bits per heavy atom. The van der Waals surface area contributed by atoms with Gasteiger partial charge in [0.25, 0.3) is 0 Å². The van der Waals surface area contributed by atoms with Gasteiger partial charge in [0.1, 0.15) is 0 Å². The third-order valence-corrected chi connectivity index (χ3v) is 12.6. The third-order valence-electron chi connectivity index (χ3n) is 12.6. The Morgan fingerprint density at radius 1 is 0.404 bits per heavy atom. The lowest BCUT2D eigenvalue weighted by Crippen LogP contribution is -2.20. The average Bonchev–Trinajstić information content (AvgIpc) is 3.55. The van der Waals surface area contributed by atoms with Crippen LogP contribution in [0.1, 0.15) is 74.9 Å². The summed E-state index contributed by atoms with van der Waals surface area (Å²) < 4.78 is 0. The van der Waals surface area contributed by atoms with Crippen molar-refractivity contribution < 1.29 is 0 Å². The molecule has 3 aliphatic rings. The number of hydrogen-bond acceptors (Lipinski definition) is 0. The largest absolute Gasteiger partial charge is 0.0949 e. The molecule has 0 fully saturated rings. The summed E-state index contributed by atoms with van der Waals surface area (Å²) in [5, 5.41) is 0. The van der Waals surface area contributed by atoms with Crippen LogP contribution >= 0.6 is 0 Å². The Kier molecular flexibility index (Phi) is 7.19. The van der Waals surface area contributed by atoms with E-state index in [9.17, 15) is 0 Å². The van der Waals surface area contributed by atoms with Crippen LogP contribution in [0, 0.1) is 0 Å². The minimum atomic E-state index is -0.199. The number of allylic oxidation sites excluding steroid dienone is 5. The molecule has 0 nitrogen and oxygen atoms in total. The van der Waals surface area contributed by atoms with E-state index in [0.29, 0.717) is 0 Å². The summed E-state index contributed by atoms with van der Waals surface area (Å²) in [5.41, 5.74) is 22.0. The van der Waals surface area contributed by atoms with Gasteiger partial charge in [-0.2, -0.15) is 0 Å². The molecule has 3 aliphatic carbocycles. The van der Waals surface area contributed by atoms with E-state index in [-0.39, 0.29) is 16.2 Å². The van der Waals surface area contributed by atoms with E-state index >= 15 is 0 Å². The van der Waals surface area contributed by atoms with Gasteiger partial charge in [0.05, 0.1) is 0 Å². The predicted molar refractivity (Wildman–Crippen MR) is 222 cm³/mol. The van der Waals surface area contributed by atoms with Gasteiger partial charge in [0, 0.05) is 16.2 Å². The maximum atomic E-state index is 4.51. The van der Waals surface area contributed by atoms with E-state index in [1.54, 1.807) is 0 Å². The van der Waals surface area contributed by atoms with Crippen molar-refractivity contribution in [3.8, 4) is 55.6 Å². The second-order valence-corrected chi connectivity index (χ2v) is 16.7. The lowest BCUT2D eigenvalue weighted by Gasteiger charge is -2.29. The van der Waals surface area contributed by atoms with Crippen LogP contribution < -0.4 is 0 Å². The van der Waals surface area contributed by atoms with Crippen LogP contribution in [0.2, 0.25) is 0 Å². The molecule has 0 heteroatoms. The van der Waals surface area contributed by atoms with Crippen LogP contribution in [-0.4, -0.2) is 0 Å². The summed E-state index contributed by atoms with van der Waals surface area (Å²) in [4.78, 5) is 0. The van der Waals surface area contributed by atoms with Crippen molar-refractivity contribution >= 4 is 0 Å². The van der Waals surface area contributed by atoms with Gasteiger partial charge in [-0.25, -0.2) is 0 Å². The highest BCUT2D eigenvalue weighted by Crippen LogP contribution is 2.51. The van der Waals surface area contributed by atoms with E-state index in [4.69, 9.17) is 0 Å². The Balaban J connectivity index is 1.24. The normalized spacial score (nSPS) is 18.2. The SMILES string of the molecule is C=C1/C=C\C=C/Cc2ccc(-c3cc(-c4ccc5c(c4)C(C)(C)c4ccccc4-5)cc(-c4ccc5c(c4)C(C)(C)c4ccccc4-5)c3)cc2C1(C)C. The van der Waals surface area contributed by atoms with Gasteiger partial charge in [-0.3, -0.25) is 0 Å². The van der Waals surface area contributed by atoms with Crippen LogP contribution in [0.3, 0.4) is 0 Å². The zero-order valence-corrected chi connectivity index (χ0v) is 31.3. The van der Waals surface area contributed by atoms with Gasteiger partial charge in [0.2, 0.25) is 0 Å². The summed E-state index contributed by atoms with van der Waals surface area (Å²) in [6.45, 7) is 18.6. The molecule has 52 heavy (non-hydrogen) atoms. The first kappa shape index (κ1) is 32.4. The molecule has 0 radical (unpaired) electrons. The Morgan fingerprint density at radius 2 is 0.846 bits per heavy atom. The van der Waals surface area contributed by atoms with Crippen molar-refractivity contribution in [2.45, 2.75) is 64.2 Å². The van der Waals surface area contributed by atoms with Crippen molar-refractivity contribution in [1.82, 2.24) is 0 Å². The highest BCUT2D eigenvalue weighted by molar-refractivity contribution is 5.88. The summed E-state index contributed by atoms with van der Waals surface area (Å²) in [5.74, 6) is 0. The maximum absolute atomic E-state index is 4.51. The molecule has 0 amide bonds. The number of fused-ring (bicyclic) bond motifs is 7. The molecule has 0 saturated carbocycles. The fourth-order valence-electron chi connectivity index (χ4n) is 9.24. The lowest BCUT2D eigenvalue weighted by atomic mass is 9.75. The van der Waals surface area contributed by atoms with Crippen LogP contribution in [0.4, 0.5) is 0 Å². The van der Waals surface area contributed by atoms with Crippen molar-refractivity contribution in [2.75, 3.05) is 0 Å². The first-order valence-corrected chi connectivity index (χ1v) is 18.8. The second-order valence-electron chi connectivity index (χ2n) is 16.7. The van der Waals surface area contributed by atoms with Gasteiger partial charge in [-0.15, -0.1) is 0 Å². The Labute approximate surface area is 309 Å². The van der Waals surface area contributed by atoms with Gasteiger partial charge in [-0.05, 0) is 137 Å². The topological polar surface area (TPSA) is 0 Å². The minimum Gasteiger partial charge on any atom is -0.0949 e. The maximum Gasteiger partial charge on any atom is 0.0159 e. The zero-order chi connectivity index (χ0) is 36.0. The molecule has 6 aromatic rings. The molecule has 0 aliphatic heterocycles. The molecule has 0 spiro atoms. The van der Waals surface area contributed by atoms with Gasteiger partial charge in [-0.1, -0.05) is 157 Å². The molecule has 9 rings (SSSR count). The van der Waals surface area contributed by atoms with Crippen LogP contribution in [0.25, 0.3) is 55.6 Å². The first-order valence-electron chi connectivity index (χ1n) is 18.8. The molecule has 6 aromatic carbocycles. The predicted octanol–water partition coefficient (Wildman–Crippen LogP) is 13.8. The first-order chi connectivity index (χ1) is 24.9. The molecule has 0 bridgehead atoms. The summed E-state index contributed by atoms with van der Waals surface area (Å²) in [6, 6.07) is 46.4. The summed E-state index contributed by atoms with van der Waals surface area (Å²) in [6.07, 6.45) is 9.59. The van der Waals surface area contributed by atoms with Crippen molar-refractivity contribution in [2.24, 2.45) is 0 Å². The van der Waals surface area contributed by atoms with Gasteiger partial charge >= 0.3 is 0 Å². The molecule has 0 atom stereocenters. The van der Waals surface area contributed by atoms with E-state index < -0.39 is 0 Å². The third kappa shape index (κ3) is 4.88. The number of benzene rings is 6. The second kappa shape index (κ2) is 11.5. The highest BCUT2D eigenvalue weighted by Gasteiger charge is 2.36. The van der Waals surface area contributed by atoms with Crippen LogP contribution in [0.15, 0.2) is 158 Å². The molecule has 0 N–H and O–H groups in total. The fraction of sp³-hybridized carbons (Fsp3) is 0.192. The fourth-order valence-corrected chi connectivity index (χ4v) is 9.24. The quantitative estimate of drug-likeness (QED) is 0.176. The van der Waals surface area contributed by atoms with Crippen molar-refractivity contribution in [1.29, 1.82) is 0 Å². The van der Waals surface area contributed by atoms with Gasteiger partial charge < -0.3 is 0 Å². The molecule has 0 saturated heterocycles. The van der Waals surface area contributed by atoms with E-state index in [2.05, 4.69) is 194 Å². The number of rotatable bonds is 3. The summed E-state index contributed by atoms with van der Waals surface area (Å²) in [7, 11) is 0. The minimum absolute atomic E-state index is 0.0613. The molecular weight excluding hydrogens is 625 g/mol. The van der Waals surface area contributed by atoms with Crippen LogP contribution in [0.5, 0.6) is 0 Å². The van der Waals surface area contributed by atoms with Crippen LogP contribution in [-0.2, 0) is 22.7 Å². The molecule has 254 valence electrons.